The zero-order valence-electron chi connectivity index (χ0n) is 11.2. The molecule has 0 N–H and O–H groups in total. The molecule has 0 amide bonds. The maximum absolute atomic E-state index is 12.3. The van der Waals surface area contributed by atoms with Gasteiger partial charge in [0.25, 0.3) is 0 Å². The summed E-state index contributed by atoms with van der Waals surface area (Å²) in [7, 11) is 0. The molecule has 1 aromatic carbocycles. The number of ketones is 1. The highest BCUT2D eigenvalue weighted by atomic mass is 35.5. The van der Waals surface area contributed by atoms with Crippen LogP contribution in [0.5, 0.6) is 0 Å². The summed E-state index contributed by atoms with van der Waals surface area (Å²) in [6.07, 6.45) is 6.97. The second-order valence-corrected chi connectivity index (χ2v) is 5.21. The number of aromatic nitrogens is 2. The van der Waals surface area contributed by atoms with Crippen molar-refractivity contribution in [3.63, 3.8) is 0 Å². The van der Waals surface area contributed by atoms with Crippen LogP contribution in [0.25, 0.3) is 0 Å². The second-order valence-electron chi connectivity index (χ2n) is 4.77. The number of hydrogen-bond donors (Lipinski definition) is 0. The minimum Gasteiger partial charge on any atom is -0.349 e. The number of rotatable bonds is 4. The van der Waals surface area contributed by atoms with E-state index in [0.29, 0.717) is 22.7 Å². The van der Waals surface area contributed by atoms with E-state index < -0.39 is 0 Å². The van der Waals surface area contributed by atoms with Crippen molar-refractivity contribution < 1.29 is 4.79 Å². The molecule has 0 saturated heterocycles. The van der Waals surface area contributed by atoms with E-state index >= 15 is 0 Å². The molecule has 21 heavy (non-hydrogen) atoms. The lowest BCUT2D eigenvalue weighted by atomic mass is 10.1. The van der Waals surface area contributed by atoms with Gasteiger partial charge in [-0.1, -0.05) is 23.7 Å². The van der Waals surface area contributed by atoms with Gasteiger partial charge in [0.15, 0.2) is 5.78 Å². The van der Waals surface area contributed by atoms with E-state index in [4.69, 9.17) is 11.6 Å². The summed E-state index contributed by atoms with van der Waals surface area (Å²) in [6, 6.07) is 13.0. The first-order valence-corrected chi connectivity index (χ1v) is 6.95. The molecule has 0 aliphatic heterocycles. The van der Waals surface area contributed by atoms with Crippen LogP contribution < -0.4 is 0 Å². The minimum atomic E-state index is -0.0204. The summed E-state index contributed by atoms with van der Waals surface area (Å²) in [5.74, 6) is -0.0204. The van der Waals surface area contributed by atoms with Crippen molar-refractivity contribution in [1.29, 1.82) is 0 Å². The fourth-order valence-corrected chi connectivity index (χ4v) is 2.40. The number of halogens is 1. The van der Waals surface area contributed by atoms with Crippen LogP contribution in [0.15, 0.2) is 67.3 Å². The first kappa shape index (κ1) is 13.6. The molecule has 0 aliphatic rings. The Morgan fingerprint density at radius 3 is 2.81 bits per heavy atom. The number of carbonyl (C=O) groups is 1. The Labute approximate surface area is 127 Å². The smallest absolute Gasteiger partial charge is 0.196 e. The number of hydrogen-bond acceptors (Lipinski definition) is 2. The Hall–Kier alpha value is -2.39. The highest BCUT2D eigenvalue weighted by Gasteiger charge is 2.10. The van der Waals surface area contributed by atoms with Crippen LogP contribution in [0.3, 0.4) is 0 Å². The van der Waals surface area contributed by atoms with Crippen LogP contribution >= 0.6 is 11.6 Å². The van der Waals surface area contributed by atoms with E-state index in [1.807, 2.05) is 47.3 Å². The predicted octanol–water partition coefficient (Wildman–Crippen LogP) is 3.82. The monoisotopic (exact) mass is 296 g/mol. The van der Waals surface area contributed by atoms with Gasteiger partial charge < -0.3 is 4.57 Å². The zero-order valence-corrected chi connectivity index (χ0v) is 12.0. The molecule has 0 aliphatic carbocycles. The molecule has 0 bridgehead atoms. The average molecular weight is 297 g/mol. The maximum atomic E-state index is 12.3. The SMILES string of the molecule is O=C(c1cccnc1)c1ccn(Cc2cccc(Cl)c2)c1. The molecule has 3 aromatic rings. The highest BCUT2D eigenvalue weighted by molar-refractivity contribution is 6.30. The van der Waals surface area contributed by atoms with E-state index in [0.717, 1.165) is 5.56 Å². The van der Waals surface area contributed by atoms with Gasteiger partial charge in [-0.3, -0.25) is 9.78 Å². The fourth-order valence-electron chi connectivity index (χ4n) is 2.18. The van der Waals surface area contributed by atoms with E-state index in [2.05, 4.69) is 4.98 Å². The average Bonchev–Trinajstić information content (AvgIpc) is 2.96. The fraction of sp³-hybridized carbons (Fsp3) is 0.0588. The Balaban J connectivity index is 1.79. The minimum absolute atomic E-state index is 0.0204. The molecule has 4 heteroatoms. The van der Waals surface area contributed by atoms with Gasteiger partial charge in [0.1, 0.15) is 0 Å². The second kappa shape index (κ2) is 5.94. The lowest BCUT2D eigenvalue weighted by Crippen LogP contribution is -2.01. The summed E-state index contributed by atoms with van der Waals surface area (Å²) < 4.78 is 1.97. The highest BCUT2D eigenvalue weighted by Crippen LogP contribution is 2.14. The lowest BCUT2D eigenvalue weighted by molar-refractivity contribution is 0.103. The summed E-state index contributed by atoms with van der Waals surface area (Å²) in [6.45, 7) is 0.681. The van der Waals surface area contributed by atoms with Crippen molar-refractivity contribution in [3.05, 3.63) is 89.0 Å². The molecule has 0 fully saturated rings. The third kappa shape index (κ3) is 3.20. The quantitative estimate of drug-likeness (QED) is 0.686. The van der Waals surface area contributed by atoms with Crippen molar-refractivity contribution in [2.75, 3.05) is 0 Å². The summed E-state index contributed by atoms with van der Waals surface area (Å²) in [5, 5.41) is 0.714. The summed E-state index contributed by atoms with van der Waals surface area (Å²) in [4.78, 5) is 16.3. The molecule has 3 rings (SSSR count). The molecule has 0 saturated carbocycles. The third-order valence-electron chi connectivity index (χ3n) is 3.19. The first-order chi connectivity index (χ1) is 10.2. The number of pyridine rings is 1. The topological polar surface area (TPSA) is 34.9 Å². The van der Waals surface area contributed by atoms with Crippen LogP contribution in [0.2, 0.25) is 5.02 Å². The molecule has 0 unspecified atom stereocenters. The standard InChI is InChI=1S/C17H13ClN2O/c18-16-5-1-3-13(9-16)11-20-8-6-15(12-20)17(21)14-4-2-7-19-10-14/h1-10,12H,11H2. The molecule has 0 atom stereocenters. The third-order valence-corrected chi connectivity index (χ3v) is 3.43. The van der Waals surface area contributed by atoms with Crippen molar-refractivity contribution >= 4 is 17.4 Å². The van der Waals surface area contributed by atoms with Crippen LogP contribution in [0.1, 0.15) is 21.5 Å². The van der Waals surface area contributed by atoms with Gasteiger partial charge in [-0.25, -0.2) is 0 Å². The van der Waals surface area contributed by atoms with E-state index in [1.165, 1.54) is 0 Å². The van der Waals surface area contributed by atoms with Crippen LogP contribution in [-0.4, -0.2) is 15.3 Å². The van der Waals surface area contributed by atoms with Gasteiger partial charge in [-0.2, -0.15) is 0 Å². The Kier molecular flexibility index (Phi) is 3.84. The van der Waals surface area contributed by atoms with Gasteiger partial charge >= 0.3 is 0 Å². The first-order valence-electron chi connectivity index (χ1n) is 6.57. The van der Waals surface area contributed by atoms with Gasteiger partial charge in [0.05, 0.1) is 0 Å². The Morgan fingerprint density at radius 1 is 1.14 bits per heavy atom. The predicted molar refractivity (Wildman–Crippen MR) is 82.7 cm³/mol. The van der Waals surface area contributed by atoms with Crippen molar-refractivity contribution in [2.45, 2.75) is 6.54 Å². The van der Waals surface area contributed by atoms with Crippen LogP contribution in [-0.2, 0) is 6.54 Å². The Morgan fingerprint density at radius 2 is 2.05 bits per heavy atom. The maximum Gasteiger partial charge on any atom is 0.196 e. The molecule has 104 valence electrons. The van der Waals surface area contributed by atoms with Crippen molar-refractivity contribution in [3.8, 4) is 0 Å². The molecule has 0 spiro atoms. The van der Waals surface area contributed by atoms with Gasteiger partial charge in [-0.05, 0) is 35.9 Å². The van der Waals surface area contributed by atoms with E-state index in [-0.39, 0.29) is 5.78 Å². The molecule has 2 aromatic heterocycles. The van der Waals surface area contributed by atoms with Crippen molar-refractivity contribution in [2.24, 2.45) is 0 Å². The van der Waals surface area contributed by atoms with Crippen molar-refractivity contribution in [1.82, 2.24) is 9.55 Å². The van der Waals surface area contributed by atoms with Crippen LogP contribution in [0.4, 0.5) is 0 Å². The number of nitrogens with zero attached hydrogens (tertiary/aromatic N) is 2. The van der Waals surface area contributed by atoms with Crippen LogP contribution in [0, 0.1) is 0 Å². The Bertz CT molecular complexity index is 765. The largest absolute Gasteiger partial charge is 0.349 e. The molecular weight excluding hydrogens is 284 g/mol. The summed E-state index contributed by atoms with van der Waals surface area (Å²) >= 11 is 5.98. The van der Waals surface area contributed by atoms with Gasteiger partial charge in [0.2, 0.25) is 0 Å². The lowest BCUT2D eigenvalue weighted by Gasteiger charge is -2.03. The van der Waals surface area contributed by atoms with Gasteiger partial charge in [-0.15, -0.1) is 0 Å². The van der Waals surface area contributed by atoms with Gasteiger partial charge in [0, 0.05) is 47.5 Å². The van der Waals surface area contributed by atoms with E-state index in [9.17, 15) is 4.79 Å². The molecule has 2 heterocycles. The molecule has 3 nitrogen and oxygen atoms in total. The molecule has 0 radical (unpaired) electrons. The molecular formula is C17H13ClN2O. The van der Waals surface area contributed by atoms with E-state index in [1.54, 1.807) is 24.5 Å². The zero-order chi connectivity index (χ0) is 14.7. The normalized spacial score (nSPS) is 10.5. The summed E-state index contributed by atoms with van der Waals surface area (Å²) in [5.41, 5.74) is 2.35. The number of carbonyl (C=O) groups excluding carboxylic acids is 1. The number of benzene rings is 1.